The van der Waals surface area contributed by atoms with Crippen LogP contribution in [0.2, 0.25) is 0 Å². The van der Waals surface area contributed by atoms with Crippen molar-refractivity contribution in [1.29, 1.82) is 0 Å². The van der Waals surface area contributed by atoms with E-state index in [-0.39, 0.29) is 6.42 Å². The Kier molecular flexibility index (Phi) is 3.34. The van der Waals surface area contributed by atoms with Gasteiger partial charge in [-0.05, 0) is 0 Å². The van der Waals surface area contributed by atoms with Gasteiger partial charge in [-0.25, -0.2) is 13.2 Å². The molecule has 0 saturated heterocycles. The molecule has 0 saturated carbocycles. The van der Waals surface area contributed by atoms with Crippen molar-refractivity contribution in [2.45, 2.75) is 6.42 Å². The van der Waals surface area contributed by atoms with E-state index in [0.29, 0.717) is 12.1 Å². The molecule has 1 amide bonds. The Morgan fingerprint density at radius 1 is 1.27 bits per heavy atom. The van der Waals surface area contributed by atoms with Crippen LogP contribution in [-0.2, 0) is 4.79 Å². The van der Waals surface area contributed by atoms with Gasteiger partial charge in [0.05, 0.1) is 12.0 Å². The molecule has 1 aromatic rings. The summed E-state index contributed by atoms with van der Waals surface area (Å²) in [6, 6.07) is 1.02. The van der Waals surface area contributed by atoms with E-state index in [4.69, 9.17) is 5.73 Å². The lowest BCUT2D eigenvalue weighted by atomic mass is 10.2. The van der Waals surface area contributed by atoms with E-state index in [1.54, 1.807) is 0 Å². The number of hydrogen-bond acceptors (Lipinski definition) is 1. The number of nitrogens with two attached hydrogens (primary N) is 1. The Bertz CT molecular complexity index is 436. The van der Waals surface area contributed by atoms with Gasteiger partial charge in [-0.2, -0.15) is 0 Å². The molecule has 0 aromatic heterocycles. The Balaban J connectivity index is 3.03. The van der Waals surface area contributed by atoms with Gasteiger partial charge < -0.3 is 5.73 Å². The third-order valence-electron chi connectivity index (χ3n) is 1.48. The number of hydrogen-bond donors (Lipinski definition) is 1. The lowest BCUT2D eigenvalue weighted by Gasteiger charge is -1.96. The van der Waals surface area contributed by atoms with Crippen molar-refractivity contribution < 1.29 is 18.0 Å². The molecule has 1 rings (SSSR count). The van der Waals surface area contributed by atoms with E-state index in [1.165, 1.54) is 0 Å². The molecule has 0 heterocycles. The molecular weight excluding hydrogens is 207 g/mol. The highest BCUT2D eigenvalue weighted by molar-refractivity contribution is 5.76. The molecule has 15 heavy (non-hydrogen) atoms. The first-order valence-electron chi connectivity index (χ1n) is 3.92. The summed E-state index contributed by atoms with van der Waals surface area (Å²) >= 11 is 0. The van der Waals surface area contributed by atoms with Crippen molar-refractivity contribution in [3.8, 4) is 11.8 Å². The second-order valence-corrected chi connectivity index (χ2v) is 2.69. The van der Waals surface area contributed by atoms with E-state index in [9.17, 15) is 18.0 Å². The zero-order valence-corrected chi connectivity index (χ0v) is 7.48. The topological polar surface area (TPSA) is 43.1 Å². The average Bonchev–Trinajstić information content (AvgIpc) is 2.08. The number of carbonyl (C=O) groups excluding carboxylic acids is 1. The maximum Gasteiger partial charge on any atom is 0.229 e. The fourth-order valence-corrected chi connectivity index (χ4v) is 0.881. The van der Waals surface area contributed by atoms with Crippen LogP contribution < -0.4 is 5.73 Å². The lowest BCUT2D eigenvalue weighted by molar-refractivity contribution is -0.117. The van der Waals surface area contributed by atoms with E-state index in [2.05, 4.69) is 11.8 Å². The first-order valence-corrected chi connectivity index (χ1v) is 3.92. The molecular formula is C10H6F3NO. The summed E-state index contributed by atoms with van der Waals surface area (Å²) in [6.07, 6.45) is -0.309. The van der Waals surface area contributed by atoms with E-state index in [1.807, 2.05) is 0 Å². The van der Waals surface area contributed by atoms with Crippen LogP contribution in [0.1, 0.15) is 12.0 Å². The first kappa shape index (κ1) is 11.1. The van der Waals surface area contributed by atoms with Gasteiger partial charge in [0.1, 0.15) is 17.5 Å². The Morgan fingerprint density at radius 2 is 1.80 bits per heavy atom. The predicted octanol–water partition coefficient (Wildman–Crippen LogP) is 1.33. The highest BCUT2D eigenvalue weighted by Crippen LogP contribution is 2.13. The summed E-state index contributed by atoms with van der Waals surface area (Å²) in [5.74, 6) is 0.308. The molecule has 0 fully saturated rings. The second-order valence-electron chi connectivity index (χ2n) is 2.69. The van der Waals surface area contributed by atoms with Crippen LogP contribution in [0.4, 0.5) is 13.2 Å². The Labute approximate surface area is 83.9 Å². The molecule has 0 atom stereocenters. The Hall–Kier alpha value is -1.96. The van der Waals surface area contributed by atoms with Crippen LogP contribution in [0, 0.1) is 29.3 Å². The third-order valence-corrected chi connectivity index (χ3v) is 1.48. The van der Waals surface area contributed by atoms with Crippen molar-refractivity contribution in [2.75, 3.05) is 0 Å². The molecule has 0 spiro atoms. The fourth-order valence-electron chi connectivity index (χ4n) is 0.881. The molecule has 0 radical (unpaired) electrons. The van der Waals surface area contributed by atoms with Gasteiger partial charge >= 0.3 is 0 Å². The minimum atomic E-state index is -1.11. The quantitative estimate of drug-likeness (QED) is 0.702. The Morgan fingerprint density at radius 3 is 2.27 bits per heavy atom. The number of primary amides is 1. The smallest absolute Gasteiger partial charge is 0.229 e. The fraction of sp³-hybridized carbons (Fsp3) is 0.100. The standard InChI is InChI=1S/C10H6F3NO/c11-6-4-8(12)7(9(13)5-6)2-1-3-10(14)15/h4-5H,3H2,(H2,14,15). The number of carbonyl (C=O) groups is 1. The molecule has 0 aliphatic rings. The summed E-state index contributed by atoms with van der Waals surface area (Å²) in [4.78, 5) is 10.3. The van der Waals surface area contributed by atoms with Gasteiger partial charge in [-0.3, -0.25) is 4.79 Å². The second kappa shape index (κ2) is 4.51. The largest absolute Gasteiger partial charge is 0.369 e. The highest BCUT2D eigenvalue weighted by Gasteiger charge is 2.08. The molecule has 0 bridgehead atoms. The maximum absolute atomic E-state index is 12.9. The molecule has 5 heteroatoms. The minimum absolute atomic E-state index is 0.309. The molecule has 0 aliphatic carbocycles. The van der Waals surface area contributed by atoms with Crippen LogP contribution in [0.25, 0.3) is 0 Å². The van der Waals surface area contributed by atoms with Gasteiger partial charge in [0, 0.05) is 12.1 Å². The van der Waals surface area contributed by atoms with Gasteiger partial charge in [-0.15, -0.1) is 0 Å². The van der Waals surface area contributed by atoms with Crippen molar-refractivity contribution in [3.05, 3.63) is 35.1 Å². The molecule has 1 aromatic carbocycles. The van der Waals surface area contributed by atoms with Crippen LogP contribution in [-0.4, -0.2) is 5.91 Å². The van der Waals surface area contributed by atoms with Crippen molar-refractivity contribution >= 4 is 5.91 Å². The summed E-state index contributed by atoms with van der Waals surface area (Å²) in [7, 11) is 0. The van der Waals surface area contributed by atoms with E-state index >= 15 is 0 Å². The van der Waals surface area contributed by atoms with E-state index in [0.717, 1.165) is 0 Å². The first-order chi connectivity index (χ1) is 7.00. The van der Waals surface area contributed by atoms with Crippen LogP contribution in [0.15, 0.2) is 12.1 Å². The SMILES string of the molecule is NC(=O)CC#Cc1c(F)cc(F)cc1F. The zero-order valence-electron chi connectivity index (χ0n) is 7.48. The summed E-state index contributed by atoms with van der Waals surface area (Å²) in [6.45, 7) is 0. The average molecular weight is 213 g/mol. The number of halogens is 3. The van der Waals surface area contributed by atoms with Crippen LogP contribution >= 0.6 is 0 Å². The van der Waals surface area contributed by atoms with Gasteiger partial charge in [0.25, 0.3) is 0 Å². The molecule has 0 unspecified atom stereocenters. The normalized spacial score (nSPS) is 9.27. The maximum atomic E-state index is 12.9. The predicted molar refractivity (Wildman–Crippen MR) is 47.0 cm³/mol. The number of rotatable bonds is 1. The number of amides is 1. The third kappa shape index (κ3) is 3.02. The monoisotopic (exact) mass is 213 g/mol. The summed E-state index contributed by atoms with van der Waals surface area (Å²) in [5, 5.41) is 0. The van der Waals surface area contributed by atoms with Gasteiger partial charge in [0.2, 0.25) is 5.91 Å². The molecule has 78 valence electrons. The summed E-state index contributed by atoms with van der Waals surface area (Å²) in [5.41, 5.74) is 4.20. The van der Waals surface area contributed by atoms with Gasteiger partial charge in [-0.1, -0.05) is 11.8 Å². The van der Waals surface area contributed by atoms with Gasteiger partial charge in [0.15, 0.2) is 0 Å². The lowest BCUT2D eigenvalue weighted by Crippen LogP contribution is -2.08. The van der Waals surface area contributed by atoms with E-state index < -0.39 is 28.9 Å². The highest BCUT2D eigenvalue weighted by atomic mass is 19.1. The van der Waals surface area contributed by atoms with Crippen molar-refractivity contribution in [2.24, 2.45) is 5.73 Å². The number of benzene rings is 1. The molecule has 2 N–H and O–H groups in total. The molecule has 0 aliphatic heterocycles. The summed E-state index contributed by atoms with van der Waals surface area (Å²) < 4.78 is 38.3. The van der Waals surface area contributed by atoms with Crippen molar-refractivity contribution in [1.82, 2.24) is 0 Å². The minimum Gasteiger partial charge on any atom is -0.369 e. The molecule has 2 nitrogen and oxygen atoms in total. The van der Waals surface area contributed by atoms with Crippen LogP contribution in [0.3, 0.4) is 0 Å². The van der Waals surface area contributed by atoms with Crippen molar-refractivity contribution in [3.63, 3.8) is 0 Å². The zero-order chi connectivity index (χ0) is 11.4. The van der Waals surface area contributed by atoms with Crippen LogP contribution in [0.5, 0.6) is 0 Å².